The predicted molar refractivity (Wildman–Crippen MR) is 135 cm³/mol. The quantitative estimate of drug-likeness (QED) is 0.479. The highest BCUT2D eigenvalue weighted by Crippen LogP contribution is 2.28. The molecule has 3 aromatic rings. The molecule has 0 bridgehead atoms. The van der Waals surface area contributed by atoms with E-state index in [-0.39, 0.29) is 11.1 Å². The molecule has 0 aliphatic carbocycles. The summed E-state index contributed by atoms with van der Waals surface area (Å²) in [5, 5.41) is 7.60. The van der Waals surface area contributed by atoms with Crippen molar-refractivity contribution in [3.05, 3.63) is 64.4 Å². The molecule has 2 aliphatic rings. The summed E-state index contributed by atoms with van der Waals surface area (Å²) in [4.78, 5) is 40.5. The van der Waals surface area contributed by atoms with Gasteiger partial charge >= 0.3 is 0 Å². The highest BCUT2D eigenvalue weighted by Gasteiger charge is 2.25. The lowest BCUT2D eigenvalue weighted by Gasteiger charge is -2.32. The molecule has 2 fully saturated rings. The number of nitrogens with one attached hydrogen (secondary N) is 2. The van der Waals surface area contributed by atoms with Crippen LogP contribution in [0.15, 0.2) is 53.0 Å². The van der Waals surface area contributed by atoms with Crippen LogP contribution in [0.3, 0.4) is 0 Å². The van der Waals surface area contributed by atoms with Gasteiger partial charge in [-0.15, -0.1) is 11.3 Å². The van der Waals surface area contributed by atoms with Gasteiger partial charge in [0, 0.05) is 42.5 Å². The van der Waals surface area contributed by atoms with Crippen LogP contribution in [0.2, 0.25) is 0 Å². The molecule has 3 aromatic heterocycles. The molecule has 2 saturated heterocycles. The van der Waals surface area contributed by atoms with Gasteiger partial charge in [-0.05, 0) is 66.7 Å². The Morgan fingerprint density at radius 2 is 2.00 bits per heavy atom. The third-order valence-electron chi connectivity index (χ3n) is 5.89. The van der Waals surface area contributed by atoms with E-state index in [1.54, 1.807) is 29.7 Å². The first-order valence-corrected chi connectivity index (χ1v) is 12.9. The maximum atomic E-state index is 11.8. The molecule has 5 heterocycles. The molecule has 10 heteroatoms. The number of rotatable bonds is 7. The highest BCUT2D eigenvalue weighted by molar-refractivity contribution is 8.18. The van der Waals surface area contributed by atoms with Crippen molar-refractivity contribution in [1.29, 1.82) is 0 Å². The number of hydrogen-bond acceptors (Lipinski definition) is 9. The van der Waals surface area contributed by atoms with Crippen LogP contribution < -0.4 is 15.5 Å². The van der Waals surface area contributed by atoms with Crippen LogP contribution in [0.4, 0.5) is 10.7 Å². The standard InChI is InChI=1S/C24H24N6O2S2/c31-22-21(34-24(32)29-22)13-17-5-9-27-23(28-17)30-10-6-16(7-11-30)14-25-15-19-18(3-1-8-26-19)20-4-2-12-33-20/h1-5,8-9,12-13,16,25H,6-7,10-11,14-15H2,(H,29,31,32)/b21-13+. The van der Waals surface area contributed by atoms with Gasteiger partial charge in [0.15, 0.2) is 0 Å². The molecule has 174 valence electrons. The molecule has 8 nitrogen and oxygen atoms in total. The maximum absolute atomic E-state index is 11.8. The van der Waals surface area contributed by atoms with E-state index in [4.69, 9.17) is 0 Å². The Hall–Kier alpha value is -3.08. The number of carbonyl (C=O) groups is 2. The van der Waals surface area contributed by atoms with Gasteiger partial charge in [0.05, 0.1) is 16.3 Å². The zero-order valence-corrected chi connectivity index (χ0v) is 20.1. The summed E-state index contributed by atoms with van der Waals surface area (Å²) in [6, 6.07) is 10.1. The van der Waals surface area contributed by atoms with Crippen molar-refractivity contribution in [2.45, 2.75) is 19.4 Å². The van der Waals surface area contributed by atoms with E-state index in [9.17, 15) is 9.59 Å². The zero-order chi connectivity index (χ0) is 23.3. The van der Waals surface area contributed by atoms with Gasteiger partial charge in [0.25, 0.3) is 11.1 Å². The number of piperidine rings is 1. The third-order valence-corrected chi connectivity index (χ3v) is 7.60. The number of amides is 2. The topological polar surface area (TPSA) is 100 Å². The fourth-order valence-electron chi connectivity index (χ4n) is 4.12. The van der Waals surface area contributed by atoms with Crippen molar-refractivity contribution >= 4 is 46.3 Å². The van der Waals surface area contributed by atoms with E-state index in [2.05, 4.69) is 54.1 Å². The number of nitrogens with zero attached hydrogens (tertiary/aromatic N) is 4. The molecule has 2 amide bonds. The number of aromatic nitrogens is 3. The van der Waals surface area contributed by atoms with E-state index in [1.165, 1.54) is 10.4 Å². The van der Waals surface area contributed by atoms with Gasteiger partial charge in [-0.1, -0.05) is 12.1 Å². The second kappa shape index (κ2) is 10.5. The molecule has 0 spiro atoms. The first-order chi connectivity index (χ1) is 16.7. The molecular weight excluding hydrogens is 468 g/mol. The predicted octanol–water partition coefficient (Wildman–Crippen LogP) is 3.93. The van der Waals surface area contributed by atoms with Crippen molar-refractivity contribution in [2.24, 2.45) is 5.92 Å². The number of carbonyl (C=O) groups excluding carboxylic acids is 2. The number of thioether (sulfide) groups is 1. The van der Waals surface area contributed by atoms with Crippen LogP contribution >= 0.6 is 23.1 Å². The van der Waals surface area contributed by atoms with Gasteiger partial charge in [-0.2, -0.15) is 0 Å². The van der Waals surface area contributed by atoms with Crippen molar-refractivity contribution in [3.63, 3.8) is 0 Å². The minimum Gasteiger partial charge on any atom is -0.341 e. The Morgan fingerprint density at radius 1 is 1.12 bits per heavy atom. The normalized spacial score (nSPS) is 18.0. The first kappa shape index (κ1) is 22.7. The van der Waals surface area contributed by atoms with Crippen LogP contribution in [-0.4, -0.2) is 45.7 Å². The second-order valence-electron chi connectivity index (χ2n) is 8.17. The van der Waals surface area contributed by atoms with Gasteiger partial charge in [-0.25, -0.2) is 9.97 Å². The summed E-state index contributed by atoms with van der Waals surface area (Å²) >= 11 is 2.63. The fourth-order valence-corrected chi connectivity index (χ4v) is 5.56. The molecule has 5 rings (SSSR count). The number of hydrogen-bond donors (Lipinski definition) is 2. The maximum Gasteiger partial charge on any atom is 0.290 e. The SMILES string of the molecule is O=C1NC(=O)/C(=C\c2ccnc(N3CCC(CNCc4ncccc4-c4cccs4)CC3)n2)S1. The monoisotopic (exact) mass is 492 g/mol. The molecule has 0 atom stereocenters. The molecule has 2 aliphatic heterocycles. The Morgan fingerprint density at radius 3 is 2.76 bits per heavy atom. The zero-order valence-electron chi connectivity index (χ0n) is 18.4. The number of anilines is 1. The second-order valence-corrected chi connectivity index (χ2v) is 10.1. The lowest BCUT2D eigenvalue weighted by Crippen LogP contribution is -2.38. The van der Waals surface area contributed by atoms with E-state index in [1.807, 2.05) is 12.3 Å². The number of pyridine rings is 1. The Balaban J connectivity index is 1.13. The van der Waals surface area contributed by atoms with E-state index in [0.29, 0.717) is 22.5 Å². The average Bonchev–Trinajstić information content (AvgIpc) is 3.50. The van der Waals surface area contributed by atoms with E-state index in [0.717, 1.165) is 56.5 Å². The van der Waals surface area contributed by atoms with E-state index < -0.39 is 0 Å². The van der Waals surface area contributed by atoms with Gasteiger partial charge in [0.2, 0.25) is 5.95 Å². The number of thiophene rings is 1. The fraction of sp³-hybridized carbons (Fsp3) is 0.292. The molecule has 0 aromatic carbocycles. The van der Waals surface area contributed by atoms with Crippen molar-refractivity contribution in [2.75, 3.05) is 24.5 Å². The van der Waals surface area contributed by atoms with Crippen molar-refractivity contribution in [3.8, 4) is 10.4 Å². The molecular formula is C24H24N6O2S2. The molecule has 2 N–H and O–H groups in total. The summed E-state index contributed by atoms with van der Waals surface area (Å²) in [7, 11) is 0. The van der Waals surface area contributed by atoms with E-state index >= 15 is 0 Å². The molecule has 0 saturated carbocycles. The van der Waals surface area contributed by atoms with Crippen LogP contribution in [0.1, 0.15) is 24.2 Å². The molecule has 34 heavy (non-hydrogen) atoms. The van der Waals surface area contributed by atoms with Crippen molar-refractivity contribution in [1.82, 2.24) is 25.6 Å². The number of imide groups is 1. The minimum atomic E-state index is -0.378. The van der Waals surface area contributed by atoms with Gasteiger partial charge in [-0.3, -0.25) is 19.9 Å². The summed E-state index contributed by atoms with van der Waals surface area (Å²) < 4.78 is 0. The Kier molecular flexibility index (Phi) is 6.98. The molecule has 0 radical (unpaired) electrons. The minimum absolute atomic E-state index is 0.355. The first-order valence-electron chi connectivity index (χ1n) is 11.2. The summed E-state index contributed by atoms with van der Waals surface area (Å²) in [6.07, 6.45) is 7.28. The third kappa shape index (κ3) is 5.35. The summed E-state index contributed by atoms with van der Waals surface area (Å²) in [5.41, 5.74) is 2.90. The Bertz CT molecular complexity index is 1210. The van der Waals surface area contributed by atoms with Crippen LogP contribution in [0.5, 0.6) is 0 Å². The van der Waals surface area contributed by atoms with Crippen molar-refractivity contribution < 1.29 is 9.59 Å². The largest absolute Gasteiger partial charge is 0.341 e. The highest BCUT2D eigenvalue weighted by atomic mass is 32.2. The van der Waals surface area contributed by atoms with Gasteiger partial charge < -0.3 is 10.2 Å². The summed E-state index contributed by atoms with van der Waals surface area (Å²) in [5.74, 6) is 0.862. The van der Waals surface area contributed by atoms with Gasteiger partial charge in [0.1, 0.15) is 0 Å². The lowest BCUT2D eigenvalue weighted by molar-refractivity contribution is -0.115. The smallest absolute Gasteiger partial charge is 0.290 e. The van der Waals surface area contributed by atoms with Crippen LogP contribution in [-0.2, 0) is 11.3 Å². The molecule has 0 unspecified atom stereocenters. The average molecular weight is 493 g/mol. The van der Waals surface area contributed by atoms with Crippen LogP contribution in [0.25, 0.3) is 16.5 Å². The lowest BCUT2D eigenvalue weighted by atomic mass is 9.97. The summed E-state index contributed by atoms with van der Waals surface area (Å²) in [6.45, 7) is 3.46. The Labute approximate surface area is 205 Å². The van der Waals surface area contributed by atoms with Crippen LogP contribution in [0, 0.1) is 5.92 Å².